The molecule has 2 rings (SSSR count). The molecule has 0 aromatic heterocycles. The number of hydrogen-bond donors (Lipinski definition) is 1. The first-order valence-electron chi connectivity index (χ1n) is 7.40. The first-order chi connectivity index (χ1) is 7.92. The van der Waals surface area contributed by atoms with Gasteiger partial charge >= 0.3 is 0 Å². The quantitative estimate of drug-likeness (QED) is 0.567. The minimum absolute atomic E-state index is 0.180. The standard InChI is InChI=1S/C14H28ClNSi/c1-14(2,3)16-17(15,12-8-4-5-9-12)13-10-6-7-11-13/h12-13,16H,4-11H2,1-3H3. The van der Waals surface area contributed by atoms with Crippen LogP contribution < -0.4 is 4.98 Å². The Hall–Kier alpha value is 0.467. The molecule has 0 aromatic carbocycles. The van der Waals surface area contributed by atoms with Gasteiger partial charge in [0.25, 0.3) is 0 Å². The highest BCUT2D eigenvalue weighted by molar-refractivity contribution is 7.20. The summed E-state index contributed by atoms with van der Waals surface area (Å²) in [4.78, 5) is 3.92. The Balaban J connectivity index is 2.14. The average Bonchev–Trinajstić information content (AvgIpc) is 2.89. The predicted molar refractivity (Wildman–Crippen MR) is 78.9 cm³/mol. The highest BCUT2D eigenvalue weighted by atomic mass is 35.6. The number of nitrogens with one attached hydrogen (secondary N) is 1. The van der Waals surface area contributed by atoms with E-state index in [1.165, 1.54) is 51.4 Å². The normalized spacial score (nSPS) is 24.7. The summed E-state index contributed by atoms with van der Waals surface area (Å²) in [5, 5.41) is 0. The molecule has 1 N–H and O–H groups in total. The second-order valence-corrected chi connectivity index (χ2v) is 12.4. The van der Waals surface area contributed by atoms with Crippen LogP contribution in [-0.2, 0) is 0 Å². The Morgan fingerprint density at radius 1 is 0.882 bits per heavy atom. The van der Waals surface area contributed by atoms with Gasteiger partial charge in [-0.25, -0.2) is 0 Å². The van der Waals surface area contributed by atoms with Crippen LogP contribution in [0, 0.1) is 0 Å². The van der Waals surface area contributed by atoms with Crippen LogP contribution in [0.4, 0.5) is 0 Å². The van der Waals surface area contributed by atoms with Gasteiger partial charge in [0.15, 0.2) is 0 Å². The van der Waals surface area contributed by atoms with Crippen LogP contribution in [-0.4, -0.2) is 13.1 Å². The molecule has 3 heteroatoms. The maximum Gasteiger partial charge on any atom is 0.233 e. The third-order valence-electron chi connectivity index (χ3n) is 4.47. The van der Waals surface area contributed by atoms with Gasteiger partial charge in [-0.05, 0) is 31.9 Å². The smallest absolute Gasteiger partial charge is 0.233 e. The van der Waals surface area contributed by atoms with Gasteiger partial charge < -0.3 is 4.98 Å². The molecule has 0 saturated heterocycles. The van der Waals surface area contributed by atoms with E-state index in [2.05, 4.69) is 25.8 Å². The highest BCUT2D eigenvalue weighted by Crippen LogP contribution is 2.51. The Kier molecular flexibility index (Phi) is 4.27. The Labute approximate surface area is 112 Å². The van der Waals surface area contributed by atoms with E-state index in [-0.39, 0.29) is 5.54 Å². The van der Waals surface area contributed by atoms with Crippen molar-refractivity contribution in [3.63, 3.8) is 0 Å². The SMILES string of the molecule is CC(C)(C)N[Si](Cl)(C1CCCC1)C1CCCC1. The second kappa shape index (κ2) is 5.22. The van der Waals surface area contributed by atoms with Crippen molar-refractivity contribution in [2.45, 2.75) is 88.8 Å². The molecule has 0 atom stereocenters. The van der Waals surface area contributed by atoms with Crippen molar-refractivity contribution in [3.8, 4) is 0 Å². The molecule has 2 fully saturated rings. The minimum Gasteiger partial charge on any atom is -0.320 e. The van der Waals surface area contributed by atoms with Gasteiger partial charge in [0, 0.05) is 5.54 Å². The minimum atomic E-state index is -1.80. The first-order valence-corrected chi connectivity index (χ1v) is 10.6. The lowest BCUT2D eigenvalue weighted by Crippen LogP contribution is -2.59. The number of rotatable bonds is 3. The van der Waals surface area contributed by atoms with Crippen molar-refractivity contribution >= 4 is 18.6 Å². The molecule has 17 heavy (non-hydrogen) atoms. The molecule has 2 aliphatic carbocycles. The van der Waals surface area contributed by atoms with E-state index >= 15 is 0 Å². The van der Waals surface area contributed by atoms with Crippen molar-refractivity contribution in [1.29, 1.82) is 0 Å². The van der Waals surface area contributed by atoms with Crippen molar-refractivity contribution in [3.05, 3.63) is 0 Å². The summed E-state index contributed by atoms with van der Waals surface area (Å²) in [7, 11) is -1.80. The fraction of sp³-hybridized carbons (Fsp3) is 1.00. The summed E-state index contributed by atoms with van der Waals surface area (Å²) < 4.78 is 0. The topological polar surface area (TPSA) is 12.0 Å². The molecule has 0 amide bonds. The zero-order valence-electron chi connectivity index (χ0n) is 11.7. The van der Waals surface area contributed by atoms with Crippen LogP contribution in [0.25, 0.3) is 0 Å². The first kappa shape index (κ1) is 13.9. The van der Waals surface area contributed by atoms with Crippen molar-refractivity contribution < 1.29 is 0 Å². The maximum absolute atomic E-state index is 7.26. The van der Waals surface area contributed by atoms with Crippen LogP contribution in [0.3, 0.4) is 0 Å². The van der Waals surface area contributed by atoms with E-state index < -0.39 is 7.55 Å². The van der Waals surface area contributed by atoms with Gasteiger partial charge in [0.1, 0.15) is 0 Å². The Bertz CT molecular complexity index is 233. The van der Waals surface area contributed by atoms with Gasteiger partial charge in [-0.1, -0.05) is 51.4 Å². The molecule has 0 aliphatic heterocycles. The summed E-state index contributed by atoms with van der Waals surface area (Å²) in [5.74, 6) is 0. The van der Waals surface area contributed by atoms with Gasteiger partial charge in [-0.3, -0.25) is 0 Å². The van der Waals surface area contributed by atoms with Crippen LogP contribution in [0.5, 0.6) is 0 Å². The fourth-order valence-electron chi connectivity index (χ4n) is 3.80. The third kappa shape index (κ3) is 3.27. The number of halogens is 1. The predicted octanol–water partition coefficient (Wildman–Crippen LogP) is 4.94. The van der Waals surface area contributed by atoms with E-state index in [0.717, 1.165) is 11.1 Å². The van der Waals surface area contributed by atoms with Gasteiger partial charge in [0.2, 0.25) is 7.55 Å². The Morgan fingerprint density at radius 2 is 1.24 bits per heavy atom. The van der Waals surface area contributed by atoms with Gasteiger partial charge in [-0.2, -0.15) is 0 Å². The molecular weight excluding hydrogens is 246 g/mol. The maximum atomic E-state index is 7.26. The molecule has 0 unspecified atom stereocenters. The average molecular weight is 274 g/mol. The van der Waals surface area contributed by atoms with E-state index in [1.807, 2.05) is 0 Å². The van der Waals surface area contributed by atoms with E-state index in [0.29, 0.717) is 0 Å². The molecule has 0 heterocycles. The van der Waals surface area contributed by atoms with Crippen molar-refractivity contribution in [2.24, 2.45) is 0 Å². The monoisotopic (exact) mass is 273 g/mol. The van der Waals surface area contributed by atoms with Crippen LogP contribution in [0.1, 0.15) is 72.1 Å². The molecule has 100 valence electrons. The molecule has 0 aromatic rings. The summed E-state index contributed by atoms with van der Waals surface area (Å²) in [6, 6.07) is 0. The van der Waals surface area contributed by atoms with E-state index in [1.54, 1.807) is 0 Å². The lowest BCUT2D eigenvalue weighted by Gasteiger charge is -2.42. The van der Waals surface area contributed by atoms with E-state index in [9.17, 15) is 0 Å². The third-order valence-corrected chi connectivity index (χ3v) is 11.3. The lowest BCUT2D eigenvalue weighted by molar-refractivity contribution is 0.498. The van der Waals surface area contributed by atoms with Gasteiger partial charge in [-0.15, -0.1) is 11.1 Å². The zero-order valence-corrected chi connectivity index (χ0v) is 13.4. The highest BCUT2D eigenvalue weighted by Gasteiger charge is 2.50. The van der Waals surface area contributed by atoms with Gasteiger partial charge in [0.05, 0.1) is 0 Å². The molecule has 2 aliphatic rings. The van der Waals surface area contributed by atoms with Crippen molar-refractivity contribution in [2.75, 3.05) is 0 Å². The molecular formula is C14H28ClNSi. The molecule has 0 spiro atoms. The zero-order chi connectivity index (χ0) is 12.5. The van der Waals surface area contributed by atoms with E-state index in [4.69, 9.17) is 11.1 Å². The summed E-state index contributed by atoms with van der Waals surface area (Å²) in [6.07, 6.45) is 11.2. The Morgan fingerprint density at radius 3 is 1.53 bits per heavy atom. The van der Waals surface area contributed by atoms with Crippen LogP contribution in [0.2, 0.25) is 11.1 Å². The summed E-state index contributed by atoms with van der Waals surface area (Å²) in [5.41, 5.74) is 1.83. The molecule has 0 bridgehead atoms. The molecule has 1 nitrogen and oxygen atoms in total. The number of hydrogen-bond acceptors (Lipinski definition) is 1. The second-order valence-electron chi connectivity index (χ2n) is 7.11. The molecule has 0 radical (unpaired) electrons. The summed E-state index contributed by atoms with van der Waals surface area (Å²) >= 11 is 7.26. The van der Waals surface area contributed by atoms with Crippen LogP contribution in [0.15, 0.2) is 0 Å². The lowest BCUT2D eigenvalue weighted by atomic mass is 10.1. The molecule has 2 saturated carbocycles. The van der Waals surface area contributed by atoms with Crippen LogP contribution >= 0.6 is 11.1 Å². The van der Waals surface area contributed by atoms with Crippen molar-refractivity contribution in [1.82, 2.24) is 4.98 Å². The largest absolute Gasteiger partial charge is 0.320 e. The fourth-order valence-corrected chi connectivity index (χ4v) is 10.7. The summed E-state index contributed by atoms with van der Waals surface area (Å²) in [6.45, 7) is 6.84.